The smallest absolute Gasteiger partial charge is 0.191 e. The van der Waals surface area contributed by atoms with Gasteiger partial charge in [0.1, 0.15) is 0 Å². The Balaban J connectivity index is 1.59. The van der Waals surface area contributed by atoms with Crippen LogP contribution in [0.25, 0.3) is 0 Å². The molecule has 0 aliphatic carbocycles. The maximum atomic E-state index is 6.16. The Morgan fingerprint density at radius 2 is 2.08 bits per heavy atom. The lowest BCUT2D eigenvalue weighted by Crippen LogP contribution is -2.49. The molecule has 1 aromatic rings. The van der Waals surface area contributed by atoms with E-state index in [0.29, 0.717) is 28.3 Å². The quantitative estimate of drug-likeness (QED) is 0.627. The second-order valence-corrected chi connectivity index (χ2v) is 8.11. The predicted molar refractivity (Wildman–Crippen MR) is 100 cm³/mol. The molecule has 2 saturated heterocycles. The highest BCUT2D eigenvalue weighted by Crippen LogP contribution is 2.34. The molecular formula is C18H25Cl2N3O. The van der Waals surface area contributed by atoms with Crippen molar-refractivity contribution in [2.75, 3.05) is 13.6 Å². The average Bonchev–Trinajstić information content (AvgIpc) is 3.16. The van der Waals surface area contributed by atoms with Crippen LogP contribution in [0.5, 0.6) is 0 Å². The second-order valence-electron chi connectivity index (χ2n) is 7.30. The minimum absolute atomic E-state index is 0.100. The van der Waals surface area contributed by atoms with E-state index in [4.69, 9.17) is 27.9 Å². The molecule has 2 N–H and O–H groups in total. The molecule has 6 heteroatoms. The van der Waals surface area contributed by atoms with Crippen LogP contribution in [-0.4, -0.2) is 37.8 Å². The summed E-state index contributed by atoms with van der Waals surface area (Å²) in [6.07, 6.45) is 4.17. The van der Waals surface area contributed by atoms with Crippen LogP contribution >= 0.6 is 23.2 Å². The number of ether oxygens (including phenoxy) is 1. The number of hydrogen-bond acceptors (Lipinski definition) is 2. The molecule has 0 aromatic heterocycles. The number of halogens is 2. The fraction of sp³-hybridized carbons (Fsp3) is 0.611. The first kappa shape index (κ1) is 17.8. The Hall–Kier alpha value is -0.970. The zero-order valence-corrected chi connectivity index (χ0v) is 15.9. The van der Waals surface area contributed by atoms with Crippen LogP contribution in [0.1, 0.15) is 38.7 Å². The third-order valence-electron chi connectivity index (χ3n) is 5.05. The lowest BCUT2D eigenvalue weighted by Gasteiger charge is -2.29. The van der Waals surface area contributed by atoms with E-state index in [9.17, 15) is 0 Å². The molecule has 4 nitrogen and oxygen atoms in total. The van der Waals surface area contributed by atoms with Crippen LogP contribution < -0.4 is 10.6 Å². The van der Waals surface area contributed by atoms with Crippen molar-refractivity contribution >= 4 is 29.2 Å². The first-order chi connectivity index (χ1) is 11.4. The summed E-state index contributed by atoms with van der Waals surface area (Å²) in [6, 6.07) is 6.17. The standard InChI is InChI=1S/C18H25Cl2N3O/c1-18(2,11-4-6-13(19)14(20)8-11)10-22-17(21-3)23-15-9-12-5-7-16(15)24-12/h4,6,8,12,15-16H,5,7,9-10H2,1-3H3,(H2,21,22,23). The van der Waals surface area contributed by atoms with Crippen molar-refractivity contribution in [1.29, 1.82) is 0 Å². The Morgan fingerprint density at radius 3 is 2.67 bits per heavy atom. The minimum atomic E-state index is -0.100. The van der Waals surface area contributed by atoms with Crippen molar-refractivity contribution in [3.63, 3.8) is 0 Å². The van der Waals surface area contributed by atoms with E-state index in [1.807, 2.05) is 18.2 Å². The Kier molecular flexibility index (Phi) is 5.28. The maximum Gasteiger partial charge on any atom is 0.191 e. The molecule has 132 valence electrons. The van der Waals surface area contributed by atoms with Crippen molar-refractivity contribution < 1.29 is 4.74 Å². The number of guanidine groups is 1. The van der Waals surface area contributed by atoms with Gasteiger partial charge >= 0.3 is 0 Å². The van der Waals surface area contributed by atoms with Crippen LogP contribution in [0.15, 0.2) is 23.2 Å². The van der Waals surface area contributed by atoms with E-state index in [-0.39, 0.29) is 5.41 Å². The van der Waals surface area contributed by atoms with Gasteiger partial charge in [-0.2, -0.15) is 0 Å². The molecule has 2 aliphatic heterocycles. The zero-order valence-electron chi connectivity index (χ0n) is 14.4. The van der Waals surface area contributed by atoms with Crippen LogP contribution in [-0.2, 0) is 10.2 Å². The molecule has 2 heterocycles. The summed E-state index contributed by atoms with van der Waals surface area (Å²) in [5.74, 6) is 0.823. The highest BCUT2D eigenvalue weighted by molar-refractivity contribution is 6.42. The Bertz CT molecular complexity index is 633. The number of fused-ring (bicyclic) bond motifs is 2. The molecule has 0 radical (unpaired) electrons. The lowest BCUT2D eigenvalue weighted by molar-refractivity contribution is 0.0992. The predicted octanol–water partition coefficient (Wildman–Crippen LogP) is 3.76. The van der Waals surface area contributed by atoms with Gasteiger partial charge in [-0.25, -0.2) is 0 Å². The van der Waals surface area contributed by atoms with Crippen LogP contribution in [0.2, 0.25) is 10.0 Å². The van der Waals surface area contributed by atoms with Crippen molar-refractivity contribution in [3.8, 4) is 0 Å². The molecule has 2 fully saturated rings. The van der Waals surface area contributed by atoms with E-state index in [1.54, 1.807) is 7.05 Å². The summed E-state index contributed by atoms with van der Waals surface area (Å²) < 4.78 is 5.90. The summed E-state index contributed by atoms with van der Waals surface area (Å²) in [6.45, 7) is 5.09. The number of benzene rings is 1. The fourth-order valence-electron chi connectivity index (χ4n) is 3.48. The molecule has 0 amide bonds. The van der Waals surface area contributed by atoms with Gasteiger partial charge in [0.15, 0.2) is 5.96 Å². The summed E-state index contributed by atoms with van der Waals surface area (Å²) in [5, 5.41) is 8.11. The summed E-state index contributed by atoms with van der Waals surface area (Å²) in [5.41, 5.74) is 1.04. The SMILES string of the molecule is CN=C(NCC(C)(C)c1ccc(Cl)c(Cl)c1)NC1CC2CCC1O2. The van der Waals surface area contributed by atoms with Crippen LogP contribution in [0.4, 0.5) is 0 Å². The van der Waals surface area contributed by atoms with Crippen molar-refractivity contribution in [3.05, 3.63) is 33.8 Å². The van der Waals surface area contributed by atoms with Gasteiger partial charge in [-0.05, 0) is 37.0 Å². The number of aliphatic imine (C=N–C) groups is 1. The molecular weight excluding hydrogens is 345 g/mol. The monoisotopic (exact) mass is 369 g/mol. The van der Waals surface area contributed by atoms with E-state index in [1.165, 1.54) is 6.42 Å². The lowest BCUT2D eigenvalue weighted by atomic mass is 9.84. The first-order valence-corrected chi connectivity index (χ1v) is 9.23. The molecule has 3 rings (SSSR count). The molecule has 2 aliphatic rings. The summed E-state index contributed by atoms with van der Waals surface area (Å²) in [4.78, 5) is 4.36. The number of nitrogens with zero attached hydrogens (tertiary/aromatic N) is 1. The fourth-order valence-corrected chi connectivity index (χ4v) is 3.78. The van der Waals surface area contributed by atoms with Gasteiger partial charge in [0, 0.05) is 19.0 Å². The topological polar surface area (TPSA) is 45.7 Å². The van der Waals surface area contributed by atoms with Crippen molar-refractivity contribution in [1.82, 2.24) is 10.6 Å². The maximum absolute atomic E-state index is 6.16. The van der Waals surface area contributed by atoms with Gasteiger partial charge < -0.3 is 15.4 Å². The zero-order chi connectivity index (χ0) is 17.3. The van der Waals surface area contributed by atoms with E-state index < -0.39 is 0 Å². The average molecular weight is 370 g/mol. The first-order valence-electron chi connectivity index (χ1n) is 8.47. The van der Waals surface area contributed by atoms with Crippen molar-refractivity contribution in [2.24, 2.45) is 4.99 Å². The number of nitrogens with one attached hydrogen (secondary N) is 2. The molecule has 0 saturated carbocycles. The van der Waals surface area contributed by atoms with Gasteiger partial charge in [-0.1, -0.05) is 43.1 Å². The molecule has 3 unspecified atom stereocenters. The van der Waals surface area contributed by atoms with Gasteiger partial charge in [0.05, 0.1) is 28.3 Å². The van der Waals surface area contributed by atoms with Crippen molar-refractivity contribution in [2.45, 2.75) is 56.8 Å². The second kappa shape index (κ2) is 7.11. The van der Waals surface area contributed by atoms with Gasteiger partial charge in [0.2, 0.25) is 0 Å². The third-order valence-corrected chi connectivity index (χ3v) is 5.79. The van der Waals surface area contributed by atoms with E-state index in [0.717, 1.165) is 30.9 Å². The van der Waals surface area contributed by atoms with E-state index in [2.05, 4.69) is 29.5 Å². The van der Waals surface area contributed by atoms with Gasteiger partial charge in [0.25, 0.3) is 0 Å². The highest BCUT2D eigenvalue weighted by atomic mass is 35.5. The molecule has 2 bridgehead atoms. The molecule has 0 spiro atoms. The Morgan fingerprint density at radius 1 is 1.29 bits per heavy atom. The third kappa shape index (κ3) is 3.81. The minimum Gasteiger partial charge on any atom is -0.373 e. The van der Waals surface area contributed by atoms with Gasteiger partial charge in [-0.3, -0.25) is 4.99 Å². The number of rotatable bonds is 4. The molecule has 1 aromatic carbocycles. The van der Waals surface area contributed by atoms with Gasteiger partial charge in [-0.15, -0.1) is 0 Å². The van der Waals surface area contributed by atoms with Crippen LogP contribution in [0.3, 0.4) is 0 Å². The van der Waals surface area contributed by atoms with E-state index >= 15 is 0 Å². The molecule has 3 atom stereocenters. The van der Waals surface area contributed by atoms with Crippen LogP contribution in [0, 0.1) is 0 Å². The summed E-state index contributed by atoms with van der Waals surface area (Å²) in [7, 11) is 1.80. The molecule has 24 heavy (non-hydrogen) atoms. The Labute approximate surface area is 154 Å². The normalized spacial score (nSPS) is 26.7. The number of hydrogen-bond donors (Lipinski definition) is 2. The highest BCUT2D eigenvalue weighted by Gasteiger charge is 2.41. The summed E-state index contributed by atoms with van der Waals surface area (Å²) >= 11 is 12.2. The largest absolute Gasteiger partial charge is 0.373 e.